The van der Waals surface area contributed by atoms with Crippen molar-refractivity contribution in [2.75, 3.05) is 0 Å². The average Bonchev–Trinajstić information content (AvgIpc) is 2.63. The van der Waals surface area contributed by atoms with Crippen LogP contribution in [0.5, 0.6) is 0 Å². The summed E-state index contributed by atoms with van der Waals surface area (Å²) in [7, 11) is 0. The molecule has 0 radical (unpaired) electrons. The van der Waals surface area contributed by atoms with Gasteiger partial charge in [-0.05, 0) is 37.5 Å². The second-order valence-electron chi connectivity index (χ2n) is 4.62. The van der Waals surface area contributed by atoms with Gasteiger partial charge in [0.2, 0.25) is 0 Å². The smallest absolute Gasteiger partial charge is 0.0988 e. The number of hydrogen-bond donors (Lipinski definition) is 1. The molecule has 17 heavy (non-hydrogen) atoms. The van der Waals surface area contributed by atoms with Crippen LogP contribution >= 0.6 is 0 Å². The van der Waals surface area contributed by atoms with Crippen LogP contribution in [-0.4, -0.2) is 14.9 Å². The van der Waals surface area contributed by atoms with Gasteiger partial charge in [-0.2, -0.15) is 5.10 Å². The summed E-state index contributed by atoms with van der Waals surface area (Å²) < 4.78 is 1.78. The minimum absolute atomic E-state index is 0.498. The summed E-state index contributed by atoms with van der Waals surface area (Å²) in [5.74, 6) is 0. The topological polar surface area (TPSA) is 38.0 Å². The molecular formula is C14H18N2O. The van der Waals surface area contributed by atoms with Crippen LogP contribution in [0.15, 0.2) is 30.6 Å². The molecule has 1 aromatic carbocycles. The zero-order valence-corrected chi connectivity index (χ0v) is 10.5. The molecule has 0 spiro atoms. The summed E-state index contributed by atoms with van der Waals surface area (Å²) in [4.78, 5) is 0. The lowest BCUT2D eigenvalue weighted by Gasteiger charge is -2.14. The highest BCUT2D eigenvalue weighted by Crippen LogP contribution is 2.20. The van der Waals surface area contributed by atoms with Gasteiger partial charge in [-0.25, -0.2) is 0 Å². The van der Waals surface area contributed by atoms with E-state index in [2.05, 4.69) is 18.1 Å². The van der Waals surface area contributed by atoms with Crippen LogP contribution in [0.4, 0.5) is 0 Å². The molecule has 0 aliphatic heterocycles. The molecule has 1 unspecified atom stereocenters. The summed E-state index contributed by atoms with van der Waals surface area (Å²) in [5, 5.41) is 14.4. The van der Waals surface area contributed by atoms with Gasteiger partial charge in [0.05, 0.1) is 18.8 Å². The molecule has 0 saturated carbocycles. The minimum atomic E-state index is -0.505. The van der Waals surface area contributed by atoms with Gasteiger partial charge < -0.3 is 5.11 Å². The van der Waals surface area contributed by atoms with E-state index in [4.69, 9.17) is 0 Å². The summed E-state index contributed by atoms with van der Waals surface area (Å²) in [6, 6.07) is 6.11. The molecule has 1 aromatic heterocycles. The van der Waals surface area contributed by atoms with Gasteiger partial charge in [-0.1, -0.05) is 23.8 Å². The minimum Gasteiger partial charge on any atom is -0.386 e. The zero-order valence-electron chi connectivity index (χ0n) is 10.5. The molecule has 3 nitrogen and oxygen atoms in total. The number of aryl methyl sites for hydroxylation is 3. The van der Waals surface area contributed by atoms with Gasteiger partial charge >= 0.3 is 0 Å². The third-order valence-electron chi connectivity index (χ3n) is 2.91. The Kier molecular flexibility index (Phi) is 3.29. The molecule has 90 valence electrons. The van der Waals surface area contributed by atoms with Crippen molar-refractivity contribution in [2.24, 2.45) is 0 Å². The van der Waals surface area contributed by atoms with Crippen LogP contribution in [0.3, 0.4) is 0 Å². The van der Waals surface area contributed by atoms with Gasteiger partial charge in [0.25, 0.3) is 0 Å². The van der Waals surface area contributed by atoms with Crippen molar-refractivity contribution in [1.82, 2.24) is 9.78 Å². The lowest BCUT2D eigenvalue weighted by molar-refractivity contribution is 0.151. The van der Waals surface area contributed by atoms with Crippen molar-refractivity contribution in [1.29, 1.82) is 0 Å². The molecule has 0 fully saturated rings. The van der Waals surface area contributed by atoms with Crippen LogP contribution in [-0.2, 0) is 6.54 Å². The molecule has 0 aliphatic carbocycles. The molecule has 0 aliphatic rings. The Hall–Kier alpha value is -1.61. The Labute approximate surface area is 102 Å². The van der Waals surface area contributed by atoms with Crippen LogP contribution in [0.2, 0.25) is 0 Å². The fourth-order valence-electron chi connectivity index (χ4n) is 2.04. The number of benzene rings is 1. The van der Waals surface area contributed by atoms with E-state index in [1.54, 1.807) is 10.9 Å². The maximum Gasteiger partial charge on any atom is 0.0988 e. The van der Waals surface area contributed by atoms with Crippen molar-refractivity contribution in [3.05, 3.63) is 52.8 Å². The highest BCUT2D eigenvalue weighted by atomic mass is 16.3. The molecule has 1 N–H and O–H groups in total. The third-order valence-corrected chi connectivity index (χ3v) is 2.91. The number of hydrogen-bond acceptors (Lipinski definition) is 2. The standard InChI is InChI=1S/C14H18N2O/c1-10-4-5-13(12(3)6-10)14(17)9-16-8-11(2)7-15-16/h4-8,14,17H,9H2,1-3H3. The Morgan fingerprint density at radius 1 is 1.24 bits per heavy atom. The lowest BCUT2D eigenvalue weighted by atomic mass is 10.0. The van der Waals surface area contributed by atoms with E-state index in [0.717, 1.165) is 16.7 Å². The summed E-state index contributed by atoms with van der Waals surface area (Å²) in [5.41, 5.74) is 4.43. The van der Waals surface area contributed by atoms with Crippen molar-refractivity contribution < 1.29 is 5.11 Å². The van der Waals surface area contributed by atoms with E-state index in [0.29, 0.717) is 6.54 Å². The van der Waals surface area contributed by atoms with Gasteiger partial charge in [0, 0.05) is 6.20 Å². The summed E-state index contributed by atoms with van der Waals surface area (Å²) in [6.07, 6.45) is 3.23. The van der Waals surface area contributed by atoms with E-state index in [-0.39, 0.29) is 0 Å². The van der Waals surface area contributed by atoms with Gasteiger partial charge in [-0.15, -0.1) is 0 Å². The van der Waals surface area contributed by atoms with E-state index >= 15 is 0 Å². The number of aliphatic hydroxyl groups excluding tert-OH is 1. The number of aliphatic hydroxyl groups is 1. The van der Waals surface area contributed by atoms with Crippen LogP contribution in [0, 0.1) is 20.8 Å². The highest BCUT2D eigenvalue weighted by Gasteiger charge is 2.11. The molecule has 0 amide bonds. The molecule has 1 heterocycles. The maximum absolute atomic E-state index is 10.2. The first-order valence-corrected chi connectivity index (χ1v) is 5.80. The van der Waals surface area contributed by atoms with Crippen molar-refractivity contribution >= 4 is 0 Å². The van der Waals surface area contributed by atoms with Crippen molar-refractivity contribution in [2.45, 2.75) is 33.4 Å². The predicted molar refractivity (Wildman–Crippen MR) is 67.8 cm³/mol. The third kappa shape index (κ3) is 2.74. The number of aromatic nitrogens is 2. The van der Waals surface area contributed by atoms with Crippen LogP contribution < -0.4 is 0 Å². The lowest BCUT2D eigenvalue weighted by Crippen LogP contribution is -2.10. The van der Waals surface area contributed by atoms with E-state index in [1.807, 2.05) is 32.2 Å². The first kappa shape index (κ1) is 11.9. The molecular weight excluding hydrogens is 212 g/mol. The second-order valence-corrected chi connectivity index (χ2v) is 4.62. The molecule has 2 aromatic rings. The summed E-state index contributed by atoms with van der Waals surface area (Å²) >= 11 is 0. The van der Waals surface area contributed by atoms with E-state index in [9.17, 15) is 5.11 Å². The number of rotatable bonds is 3. The molecule has 2 rings (SSSR count). The second kappa shape index (κ2) is 4.72. The quantitative estimate of drug-likeness (QED) is 0.880. The first-order valence-electron chi connectivity index (χ1n) is 5.80. The van der Waals surface area contributed by atoms with Crippen LogP contribution in [0.25, 0.3) is 0 Å². The SMILES string of the molecule is Cc1ccc(C(O)Cn2cc(C)cn2)c(C)c1. The normalized spacial score (nSPS) is 12.7. The van der Waals surface area contributed by atoms with E-state index in [1.165, 1.54) is 5.56 Å². The fraction of sp³-hybridized carbons (Fsp3) is 0.357. The molecule has 1 atom stereocenters. The van der Waals surface area contributed by atoms with Crippen LogP contribution in [0.1, 0.15) is 28.4 Å². The van der Waals surface area contributed by atoms with Gasteiger partial charge in [0.15, 0.2) is 0 Å². The maximum atomic E-state index is 10.2. The van der Waals surface area contributed by atoms with Gasteiger partial charge in [0.1, 0.15) is 0 Å². The van der Waals surface area contributed by atoms with Crippen molar-refractivity contribution in [3.8, 4) is 0 Å². The zero-order chi connectivity index (χ0) is 12.4. The molecule has 0 saturated heterocycles. The largest absolute Gasteiger partial charge is 0.386 e. The number of nitrogens with zero attached hydrogens (tertiary/aromatic N) is 2. The predicted octanol–water partition coefficient (Wildman–Crippen LogP) is 2.54. The summed E-state index contributed by atoms with van der Waals surface area (Å²) in [6.45, 7) is 6.57. The molecule has 0 bridgehead atoms. The first-order chi connectivity index (χ1) is 8.06. The fourth-order valence-corrected chi connectivity index (χ4v) is 2.04. The monoisotopic (exact) mass is 230 g/mol. The Morgan fingerprint density at radius 3 is 2.59 bits per heavy atom. The van der Waals surface area contributed by atoms with Crippen molar-refractivity contribution in [3.63, 3.8) is 0 Å². The van der Waals surface area contributed by atoms with E-state index < -0.39 is 6.10 Å². The average molecular weight is 230 g/mol. The van der Waals surface area contributed by atoms with Gasteiger partial charge in [-0.3, -0.25) is 4.68 Å². The Morgan fingerprint density at radius 2 is 2.00 bits per heavy atom. The highest BCUT2D eigenvalue weighted by molar-refractivity contribution is 5.31. The Balaban J connectivity index is 2.17. The molecule has 3 heteroatoms. The Bertz CT molecular complexity index is 517.